The van der Waals surface area contributed by atoms with Crippen molar-refractivity contribution in [2.24, 2.45) is 0 Å². The Hall–Kier alpha value is -2.41. The van der Waals surface area contributed by atoms with Crippen LogP contribution < -0.4 is 10.1 Å². The average Bonchev–Trinajstić information content (AvgIpc) is 2.78. The number of carbonyl (C=O) groups excluding carboxylic acids is 1. The highest BCUT2D eigenvalue weighted by Crippen LogP contribution is 2.12. The van der Waals surface area contributed by atoms with Crippen LogP contribution in [0.25, 0.3) is 0 Å². The first-order valence-corrected chi connectivity index (χ1v) is 11.1. The molecule has 1 unspecified atom stereocenters. The zero-order chi connectivity index (χ0) is 21.9. The molecule has 1 N–H and O–H groups in total. The molecular formula is C25H35N3O3. The molecule has 2 aromatic carbocycles. The first-order chi connectivity index (χ1) is 15.1. The summed E-state index contributed by atoms with van der Waals surface area (Å²) in [6.45, 7) is 10.7. The van der Waals surface area contributed by atoms with Gasteiger partial charge in [-0.2, -0.15) is 0 Å². The molecule has 2 aromatic rings. The number of hydrogen-bond donors (Lipinski definition) is 1. The van der Waals surface area contributed by atoms with Crippen LogP contribution in [-0.4, -0.2) is 74.3 Å². The molecule has 0 aliphatic carbocycles. The third kappa shape index (κ3) is 8.32. The van der Waals surface area contributed by atoms with Gasteiger partial charge in [0.05, 0.1) is 26.3 Å². The van der Waals surface area contributed by atoms with Crippen LogP contribution in [0.3, 0.4) is 0 Å². The summed E-state index contributed by atoms with van der Waals surface area (Å²) in [6, 6.07) is 18.5. The molecule has 1 aliphatic rings. The highest BCUT2D eigenvalue weighted by atomic mass is 16.5. The summed E-state index contributed by atoms with van der Waals surface area (Å²) in [6.07, 6.45) is 0. The number of amides is 1. The third-order valence-electron chi connectivity index (χ3n) is 5.51. The van der Waals surface area contributed by atoms with Crippen molar-refractivity contribution >= 4 is 5.91 Å². The maximum absolute atomic E-state index is 12.7. The summed E-state index contributed by atoms with van der Waals surface area (Å²) in [4.78, 5) is 17.3. The molecule has 6 nitrogen and oxygen atoms in total. The number of nitrogens with one attached hydrogen (secondary N) is 1. The normalized spacial score (nSPS) is 15.6. The van der Waals surface area contributed by atoms with Gasteiger partial charge in [-0.15, -0.1) is 0 Å². The van der Waals surface area contributed by atoms with Crippen molar-refractivity contribution in [3.8, 4) is 5.75 Å². The fourth-order valence-corrected chi connectivity index (χ4v) is 3.76. The first-order valence-electron chi connectivity index (χ1n) is 11.1. The molecule has 3 rings (SSSR count). The maximum atomic E-state index is 12.7. The Bertz CT molecular complexity index is 794. The van der Waals surface area contributed by atoms with E-state index in [-0.39, 0.29) is 11.9 Å². The number of hydrogen-bond acceptors (Lipinski definition) is 5. The van der Waals surface area contributed by atoms with Crippen LogP contribution in [-0.2, 0) is 16.1 Å². The molecule has 168 valence electrons. The Labute approximate surface area is 186 Å². The minimum atomic E-state index is 0.0256. The zero-order valence-corrected chi connectivity index (χ0v) is 18.8. The molecule has 1 heterocycles. The van der Waals surface area contributed by atoms with Crippen LogP contribution in [0.5, 0.6) is 5.75 Å². The number of carbonyl (C=O) groups is 1. The van der Waals surface area contributed by atoms with E-state index in [0.29, 0.717) is 19.7 Å². The number of ether oxygens (including phenoxy) is 2. The number of benzene rings is 2. The summed E-state index contributed by atoms with van der Waals surface area (Å²) in [5.74, 6) is 0.858. The maximum Gasteiger partial charge on any atom is 0.234 e. The molecule has 1 aliphatic heterocycles. The number of aryl methyl sites for hydroxylation is 1. The zero-order valence-electron chi connectivity index (χ0n) is 18.8. The molecule has 1 saturated heterocycles. The van der Waals surface area contributed by atoms with E-state index in [1.54, 1.807) is 0 Å². The minimum absolute atomic E-state index is 0.0256. The van der Waals surface area contributed by atoms with Gasteiger partial charge in [0.2, 0.25) is 5.91 Å². The van der Waals surface area contributed by atoms with Gasteiger partial charge in [-0.05, 0) is 37.1 Å². The van der Waals surface area contributed by atoms with Gasteiger partial charge >= 0.3 is 0 Å². The smallest absolute Gasteiger partial charge is 0.234 e. The van der Waals surface area contributed by atoms with E-state index in [0.717, 1.165) is 50.7 Å². The van der Waals surface area contributed by atoms with E-state index in [1.807, 2.05) is 49.4 Å². The van der Waals surface area contributed by atoms with Gasteiger partial charge in [-0.25, -0.2) is 0 Å². The first kappa shape index (κ1) is 23.3. The Morgan fingerprint density at radius 2 is 1.94 bits per heavy atom. The van der Waals surface area contributed by atoms with Gasteiger partial charge in [-0.3, -0.25) is 14.6 Å². The van der Waals surface area contributed by atoms with Crippen LogP contribution in [0.2, 0.25) is 0 Å². The van der Waals surface area contributed by atoms with Crippen molar-refractivity contribution in [1.82, 2.24) is 15.1 Å². The molecule has 1 amide bonds. The van der Waals surface area contributed by atoms with Gasteiger partial charge in [0.15, 0.2) is 0 Å². The molecule has 1 fully saturated rings. The van der Waals surface area contributed by atoms with Crippen molar-refractivity contribution in [3.63, 3.8) is 0 Å². The van der Waals surface area contributed by atoms with E-state index in [1.165, 1.54) is 5.56 Å². The molecule has 6 heteroatoms. The van der Waals surface area contributed by atoms with Crippen molar-refractivity contribution in [2.45, 2.75) is 26.4 Å². The van der Waals surface area contributed by atoms with Gasteiger partial charge in [0.25, 0.3) is 0 Å². The van der Waals surface area contributed by atoms with Crippen LogP contribution in [0.1, 0.15) is 18.1 Å². The van der Waals surface area contributed by atoms with Crippen molar-refractivity contribution in [2.75, 3.05) is 52.5 Å². The Kier molecular flexibility index (Phi) is 9.34. The van der Waals surface area contributed by atoms with Gasteiger partial charge < -0.3 is 14.8 Å². The summed E-state index contributed by atoms with van der Waals surface area (Å²) < 4.78 is 11.2. The molecule has 0 spiro atoms. The Morgan fingerprint density at radius 3 is 2.68 bits per heavy atom. The second-order valence-corrected chi connectivity index (χ2v) is 8.17. The molecule has 31 heavy (non-hydrogen) atoms. The summed E-state index contributed by atoms with van der Waals surface area (Å²) >= 11 is 0. The second kappa shape index (κ2) is 12.4. The number of rotatable bonds is 11. The Balaban J connectivity index is 1.49. The second-order valence-electron chi connectivity index (χ2n) is 8.17. The molecule has 0 saturated carbocycles. The van der Waals surface area contributed by atoms with Crippen LogP contribution in [0, 0.1) is 6.92 Å². The third-order valence-corrected chi connectivity index (χ3v) is 5.51. The Morgan fingerprint density at radius 1 is 1.16 bits per heavy atom. The predicted molar refractivity (Wildman–Crippen MR) is 123 cm³/mol. The fraction of sp³-hybridized carbons (Fsp3) is 0.480. The van der Waals surface area contributed by atoms with E-state index in [9.17, 15) is 4.79 Å². The molecule has 0 radical (unpaired) electrons. The van der Waals surface area contributed by atoms with Gasteiger partial charge in [0.1, 0.15) is 12.4 Å². The molecule has 0 bridgehead atoms. The molecule has 0 aromatic heterocycles. The van der Waals surface area contributed by atoms with Crippen molar-refractivity contribution in [1.29, 1.82) is 0 Å². The highest BCUT2D eigenvalue weighted by Gasteiger charge is 2.21. The van der Waals surface area contributed by atoms with E-state index in [2.05, 4.69) is 34.2 Å². The van der Waals surface area contributed by atoms with Crippen molar-refractivity contribution in [3.05, 3.63) is 65.7 Å². The van der Waals surface area contributed by atoms with E-state index < -0.39 is 0 Å². The fourth-order valence-electron chi connectivity index (χ4n) is 3.76. The topological polar surface area (TPSA) is 54.0 Å². The standard InChI is InChI=1S/C25H35N3O3/c1-21-7-6-10-24(17-21)31-14-11-26-25(29)20-28(19-23-8-4-3-5-9-23)22(2)18-27-12-15-30-16-13-27/h3-10,17,22H,11-16,18-20H2,1-2H3,(H,26,29). The highest BCUT2D eigenvalue weighted by molar-refractivity contribution is 5.78. The summed E-state index contributed by atoms with van der Waals surface area (Å²) in [7, 11) is 0. The van der Waals surface area contributed by atoms with Crippen LogP contribution in [0.4, 0.5) is 0 Å². The van der Waals surface area contributed by atoms with Gasteiger partial charge in [-0.1, -0.05) is 42.5 Å². The lowest BCUT2D eigenvalue weighted by Gasteiger charge is -2.34. The average molecular weight is 426 g/mol. The van der Waals surface area contributed by atoms with Crippen LogP contribution in [0.15, 0.2) is 54.6 Å². The SMILES string of the molecule is Cc1cccc(OCCNC(=O)CN(Cc2ccccc2)C(C)CN2CCOCC2)c1. The van der Waals surface area contributed by atoms with Gasteiger partial charge in [0, 0.05) is 32.2 Å². The van der Waals surface area contributed by atoms with Crippen molar-refractivity contribution < 1.29 is 14.3 Å². The van der Waals surface area contributed by atoms with E-state index in [4.69, 9.17) is 9.47 Å². The van der Waals surface area contributed by atoms with Crippen LogP contribution >= 0.6 is 0 Å². The summed E-state index contributed by atoms with van der Waals surface area (Å²) in [5.41, 5.74) is 2.37. The minimum Gasteiger partial charge on any atom is -0.492 e. The molecule has 1 atom stereocenters. The number of nitrogens with zero attached hydrogens (tertiary/aromatic N) is 2. The lowest BCUT2D eigenvalue weighted by atomic mass is 10.1. The van der Waals surface area contributed by atoms with E-state index >= 15 is 0 Å². The monoisotopic (exact) mass is 425 g/mol. The summed E-state index contributed by atoms with van der Waals surface area (Å²) in [5, 5.41) is 3.00. The quantitative estimate of drug-likeness (QED) is 0.561. The lowest BCUT2D eigenvalue weighted by Crippen LogP contribution is -2.48. The largest absolute Gasteiger partial charge is 0.492 e. The number of morpholine rings is 1. The predicted octanol–water partition coefficient (Wildman–Crippen LogP) is 2.71. The molecular weight excluding hydrogens is 390 g/mol. The lowest BCUT2D eigenvalue weighted by molar-refractivity contribution is -0.123.